The number of nitrogens with zero attached hydrogens (tertiary/aromatic N) is 2. The molecule has 0 unspecified atom stereocenters. The van der Waals surface area contributed by atoms with Crippen molar-refractivity contribution < 1.29 is 8.42 Å². The number of halogens is 1. The molecule has 0 bridgehead atoms. The van der Waals surface area contributed by atoms with Crippen molar-refractivity contribution in [1.82, 2.24) is 15.2 Å². The first kappa shape index (κ1) is 12.1. The number of hydrogen-bond acceptors (Lipinski definition) is 4. The monoisotopic (exact) mass is 271 g/mol. The lowest BCUT2D eigenvalue weighted by atomic mass is 10.2. The fraction of sp³-hybridized carbons (Fsp3) is 0.200. The van der Waals surface area contributed by atoms with Crippen LogP contribution in [0.25, 0.3) is 11.4 Å². The largest absolute Gasteiger partial charge is 0.249 e. The lowest BCUT2D eigenvalue weighted by molar-refractivity contribution is 0.589. The third-order valence-electron chi connectivity index (χ3n) is 2.25. The highest BCUT2D eigenvalue weighted by atomic mass is 35.5. The quantitative estimate of drug-likeness (QED) is 0.925. The summed E-state index contributed by atoms with van der Waals surface area (Å²) in [5.74, 6) is 0.257. The van der Waals surface area contributed by atoms with E-state index in [0.29, 0.717) is 10.6 Å². The van der Waals surface area contributed by atoms with Gasteiger partial charge in [-0.25, -0.2) is 13.5 Å². The summed E-state index contributed by atoms with van der Waals surface area (Å²) in [5, 5.41) is 6.63. The van der Waals surface area contributed by atoms with Gasteiger partial charge in [0.15, 0.2) is 5.82 Å². The number of H-pyrrole nitrogens is 1. The number of nitrogens with one attached hydrogen (secondary N) is 1. The van der Waals surface area contributed by atoms with E-state index in [4.69, 9.17) is 11.6 Å². The topological polar surface area (TPSA) is 75.7 Å². The second-order valence-electron chi connectivity index (χ2n) is 3.35. The van der Waals surface area contributed by atoms with Crippen molar-refractivity contribution in [3.05, 3.63) is 29.3 Å². The molecule has 0 radical (unpaired) electrons. The van der Waals surface area contributed by atoms with Gasteiger partial charge in [0.25, 0.3) is 0 Å². The molecule has 0 atom stereocenters. The molecule has 0 aliphatic rings. The zero-order valence-electron chi connectivity index (χ0n) is 9.01. The van der Waals surface area contributed by atoms with Crippen LogP contribution in [0.4, 0.5) is 0 Å². The summed E-state index contributed by atoms with van der Waals surface area (Å²) >= 11 is 5.97. The van der Waals surface area contributed by atoms with Crippen LogP contribution in [0.3, 0.4) is 0 Å². The molecule has 0 aliphatic heterocycles. The van der Waals surface area contributed by atoms with Crippen LogP contribution >= 0.6 is 11.6 Å². The average Bonchev–Trinajstić information content (AvgIpc) is 2.79. The van der Waals surface area contributed by atoms with Crippen LogP contribution in [0, 0.1) is 0 Å². The lowest BCUT2D eigenvalue weighted by Crippen LogP contribution is -2.05. The second-order valence-corrected chi connectivity index (χ2v) is 5.95. The highest BCUT2D eigenvalue weighted by Gasteiger charge is 2.18. The highest BCUT2D eigenvalue weighted by Crippen LogP contribution is 2.24. The van der Waals surface area contributed by atoms with Gasteiger partial charge in [0.2, 0.25) is 15.0 Å². The van der Waals surface area contributed by atoms with E-state index >= 15 is 0 Å². The molecule has 0 aliphatic carbocycles. The summed E-state index contributed by atoms with van der Waals surface area (Å²) in [6.07, 6.45) is 0. The average molecular weight is 272 g/mol. The Morgan fingerprint density at radius 1 is 1.35 bits per heavy atom. The first-order chi connectivity index (χ1) is 8.04. The van der Waals surface area contributed by atoms with Crippen LogP contribution in [0.2, 0.25) is 5.02 Å². The standard InChI is InChI=1S/C10H10ClN3O2S/c1-2-17(15,16)10-12-9(13-14-10)7-5-3-4-6-8(7)11/h3-6H,2H2,1H3,(H,12,13,14). The summed E-state index contributed by atoms with van der Waals surface area (Å²) in [4.78, 5) is 3.94. The van der Waals surface area contributed by atoms with E-state index in [-0.39, 0.29) is 16.7 Å². The molecule has 90 valence electrons. The Bertz CT molecular complexity index is 637. The van der Waals surface area contributed by atoms with Crippen LogP contribution in [0.5, 0.6) is 0 Å². The smallest absolute Gasteiger partial charge is 0.243 e. The maximum absolute atomic E-state index is 11.6. The van der Waals surface area contributed by atoms with E-state index < -0.39 is 9.84 Å². The minimum Gasteiger partial charge on any atom is -0.249 e. The second kappa shape index (κ2) is 4.46. The fourth-order valence-electron chi connectivity index (χ4n) is 1.29. The minimum absolute atomic E-state index is 0.0237. The molecule has 0 spiro atoms. The Kier molecular flexibility index (Phi) is 3.17. The fourth-order valence-corrected chi connectivity index (χ4v) is 2.19. The number of benzene rings is 1. The predicted octanol–water partition coefficient (Wildman–Crippen LogP) is 1.92. The van der Waals surface area contributed by atoms with Crippen LogP contribution in [0.1, 0.15) is 6.92 Å². The molecule has 17 heavy (non-hydrogen) atoms. The van der Waals surface area contributed by atoms with Gasteiger partial charge in [-0.3, -0.25) is 0 Å². The van der Waals surface area contributed by atoms with Gasteiger partial charge in [0, 0.05) is 5.56 Å². The highest BCUT2D eigenvalue weighted by molar-refractivity contribution is 7.91. The molecule has 2 rings (SSSR count). The summed E-state index contributed by atoms with van der Waals surface area (Å²) in [6.45, 7) is 1.55. The van der Waals surface area contributed by atoms with Gasteiger partial charge in [0.1, 0.15) is 0 Å². The van der Waals surface area contributed by atoms with Crippen LogP contribution in [0.15, 0.2) is 29.4 Å². The van der Waals surface area contributed by atoms with E-state index in [1.165, 1.54) is 0 Å². The Morgan fingerprint density at radius 2 is 2.06 bits per heavy atom. The van der Waals surface area contributed by atoms with Gasteiger partial charge in [-0.2, -0.15) is 10.1 Å². The molecule has 1 aromatic heterocycles. The van der Waals surface area contributed by atoms with Crippen molar-refractivity contribution >= 4 is 21.4 Å². The summed E-state index contributed by atoms with van der Waals surface area (Å²) < 4.78 is 23.1. The number of hydrogen-bond donors (Lipinski definition) is 1. The van der Waals surface area contributed by atoms with Gasteiger partial charge >= 0.3 is 0 Å². The van der Waals surface area contributed by atoms with Crippen LogP contribution in [-0.4, -0.2) is 29.4 Å². The maximum atomic E-state index is 11.6. The Balaban J connectivity index is 2.48. The SMILES string of the molecule is CCS(=O)(=O)c1nc(-c2ccccc2Cl)n[nH]1. The van der Waals surface area contributed by atoms with Crippen molar-refractivity contribution in [3.63, 3.8) is 0 Å². The summed E-state index contributed by atoms with van der Waals surface area (Å²) in [7, 11) is -3.37. The maximum Gasteiger partial charge on any atom is 0.243 e. The zero-order valence-corrected chi connectivity index (χ0v) is 10.6. The van der Waals surface area contributed by atoms with E-state index in [1.807, 2.05) is 0 Å². The van der Waals surface area contributed by atoms with Gasteiger partial charge in [-0.15, -0.1) is 0 Å². The Hall–Kier alpha value is -1.40. The molecule has 2 aromatic rings. The molecule has 0 saturated heterocycles. The normalized spacial score (nSPS) is 11.6. The molecular formula is C10H10ClN3O2S. The van der Waals surface area contributed by atoms with Crippen LogP contribution in [-0.2, 0) is 9.84 Å². The first-order valence-electron chi connectivity index (χ1n) is 4.94. The van der Waals surface area contributed by atoms with E-state index in [0.717, 1.165) is 0 Å². The van der Waals surface area contributed by atoms with Gasteiger partial charge in [0.05, 0.1) is 10.8 Å². The number of rotatable bonds is 3. The van der Waals surface area contributed by atoms with Gasteiger partial charge in [-0.1, -0.05) is 30.7 Å². The van der Waals surface area contributed by atoms with Crippen molar-refractivity contribution in [2.45, 2.75) is 12.1 Å². The Morgan fingerprint density at radius 3 is 2.71 bits per heavy atom. The summed E-state index contributed by atoms with van der Waals surface area (Å²) in [6, 6.07) is 6.99. The third-order valence-corrected chi connectivity index (χ3v) is 4.12. The number of aromatic amines is 1. The van der Waals surface area contributed by atoms with Gasteiger partial charge in [-0.05, 0) is 12.1 Å². The van der Waals surface area contributed by atoms with Crippen LogP contribution < -0.4 is 0 Å². The summed E-state index contributed by atoms with van der Waals surface area (Å²) in [5.41, 5.74) is 0.600. The van der Waals surface area contributed by atoms with E-state index in [1.54, 1.807) is 31.2 Å². The third kappa shape index (κ3) is 2.32. The van der Waals surface area contributed by atoms with Crippen molar-refractivity contribution in [1.29, 1.82) is 0 Å². The first-order valence-corrected chi connectivity index (χ1v) is 6.97. The van der Waals surface area contributed by atoms with Crippen molar-refractivity contribution in [3.8, 4) is 11.4 Å². The lowest BCUT2D eigenvalue weighted by Gasteiger charge is -1.97. The molecule has 1 N–H and O–H groups in total. The van der Waals surface area contributed by atoms with E-state index in [2.05, 4.69) is 15.2 Å². The Labute approximate surface area is 104 Å². The molecule has 0 saturated carbocycles. The minimum atomic E-state index is -3.37. The molecule has 0 amide bonds. The number of sulfone groups is 1. The zero-order chi connectivity index (χ0) is 12.5. The molecule has 0 fully saturated rings. The molecular weight excluding hydrogens is 262 g/mol. The van der Waals surface area contributed by atoms with E-state index in [9.17, 15) is 8.42 Å². The molecule has 5 nitrogen and oxygen atoms in total. The van der Waals surface area contributed by atoms with Gasteiger partial charge < -0.3 is 0 Å². The molecule has 7 heteroatoms. The predicted molar refractivity (Wildman–Crippen MR) is 64.6 cm³/mol. The number of aromatic nitrogens is 3. The van der Waals surface area contributed by atoms with Crippen molar-refractivity contribution in [2.75, 3.05) is 5.75 Å². The molecule has 1 aromatic carbocycles. The molecule has 1 heterocycles. The van der Waals surface area contributed by atoms with Crippen molar-refractivity contribution in [2.24, 2.45) is 0 Å².